The summed E-state index contributed by atoms with van der Waals surface area (Å²) >= 11 is 0. The molecule has 148 valence electrons. The van der Waals surface area contributed by atoms with Crippen molar-refractivity contribution < 1.29 is 14.7 Å². The molecule has 0 aliphatic carbocycles. The van der Waals surface area contributed by atoms with Gasteiger partial charge >= 0.3 is 0 Å². The summed E-state index contributed by atoms with van der Waals surface area (Å²) in [5.41, 5.74) is 1.96. The Balaban J connectivity index is 1.64. The minimum Gasteiger partial charge on any atom is -0.493 e. The molecule has 7 nitrogen and oxygen atoms in total. The van der Waals surface area contributed by atoms with E-state index in [1.807, 2.05) is 61.5 Å². The van der Waals surface area contributed by atoms with Crippen LogP contribution < -0.4 is 5.32 Å². The van der Waals surface area contributed by atoms with Crippen LogP contribution in [-0.2, 0) is 16.1 Å². The fourth-order valence-corrected chi connectivity index (χ4v) is 2.92. The summed E-state index contributed by atoms with van der Waals surface area (Å²) in [6.07, 6.45) is 3.84. The Morgan fingerprint density at radius 3 is 2.59 bits per heavy atom. The molecule has 0 fully saturated rings. The van der Waals surface area contributed by atoms with E-state index in [9.17, 15) is 14.7 Å². The molecule has 0 aliphatic rings. The Morgan fingerprint density at radius 1 is 1.10 bits per heavy atom. The zero-order valence-corrected chi connectivity index (χ0v) is 16.1. The first-order valence-electron chi connectivity index (χ1n) is 9.36. The monoisotopic (exact) mass is 390 g/mol. The number of nitrogens with one attached hydrogen (secondary N) is 1. The van der Waals surface area contributed by atoms with Crippen LogP contribution >= 0.6 is 0 Å². The van der Waals surface area contributed by atoms with Crippen molar-refractivity contribution in [2.75, 3.05) is 6.54 Å². The first kappa shape index (κ1) is 20.0. The molecule has 2 aromatic carbocycles. The molecule has 0 atom stereocenters. The minimum absolute atomic E-state index is 0.0283. The molecule has 0 radical (unpaired) electrons. The molecule has 2 N–H and O–H groups in total. The summed E-state index contributed by atoms with van der Waals surface area (Å²) in [7, 11) is 0. The molecule has 1 heterocycles. The summed E-state index contributed by atoms with van der Waals surface area (Å²) in [5.74, 6) is -1.04. The standard InChI is InChI=1S/C22H22N4O3/c1-2-14-26-18-11-7-6-10-17(18)21(22(26)29)25-24-20(28)15-23-19(27)13-12-16-8-4-3-5-9-16/h3-13,29H,2,14-15H2,1H3,(H,23,27). The summed E-state index contributed by atoms with van der Waals surface area (Å²) in [5, 5.41) is 21.2. The number of fused-ring (bicyclic) bond motifs is 1. The highest BCUT2D eigenvalue weighted by molar-refractivity contribution is 5.96. The lowest BCUT2D eigenvalue weighted by Crippen LogP contribution is -2.26. The topological polar surface area (TPSA) is 96.0 Å². The maximum atomic E-state index is 12.0. The number of nitrogens with zero attached hydrogens (tertiary/aromatic N) is 3. The summed E-state index contributed by atoms with van der Waals surface area (Å²) in [6, 6.07) is 16.8. The number of hydrogen-bond acceptors (Lipinski definition) is 4. The third kappa shape index (κ3) is 4.95. The van der Waals surface area contributed by atoms with Crippen molar-refractivity contribution in [2.45, 2.75) is 19.9 Å². The molecule has 29 heavy (non-hydrogen) atoms. The quantitative estimate of drug-likeness (QED) is 0.467. The fraction of sp³-hybridized carbons (Fsp3) is 0.182. The van der Waals surface area contributed by atoms with E-state index in [2.05, 4.69) is 15.5 Å². The second-order valence-electron chi connectivity index (χ2n) is 6.40. The number of carbonyl (C=O) groups excluding carboxylic acids is 2. The summed E-state index contributed by atoms with van der Waals surface area (Å²) in [4.78, 5) is 23.8. The van der Waals surface area contributed by atoms with Crippen molar-refractivity contribution in [2.24, 2.45) is 10.2 Å². The van der Waals surface area contributed by atoms with Gasteiger partial charge in [-0.15, -0.1) is 10.2 Å². The maximum absolute atomic E-state index is 12.0. The van der Waals surface area contributed by atoms with Crippen molar-refractivity contribution in [3.8, 4) is 5.88 Å². The van der Waals surface area contributed by atoms with E-state index in [-0.39, 0.29) is 18.1 Å². The first-order chi connectivity index (χ1) is 14.1. The van der Waals surface area contributed by atoms with Gasteiger partial charge in [0.1, 0.15) is 6.54 Å². The number of hydrogen-bond donors (Lipinski definition) is 2. The highest BCUT2D eigenvalue weighted by Gasteiger charge is 2.16. The van der Waals surface area contributed by atoms with E-state index < -0.39 is 11.8 Å². The van der Waals surface area contributed by atoms with Crippen LogP contribution in [-0.4, -0.2) is 28.0 Å². The molecule has 0 bridgehead atoms. The lowest BCUT2D eigenvalue weighted by molar-refractivity contribution is -0.122. The van der Waals surface area contributed by atoms with Crippen LogP contribution in [0.15, 0.2) is 70.9 Å². The zero-order valence-electron chi connectivity index (χ0n) is 16.1. The van der Waals surface area contributed by atoms with Gasteiger partial charge in [-0.25, -0.2) is 0 Å². The molecule has 2 amide bonds. The molecule has 0 spiro atoms. The van der Waals surface area contributed by atoms with E-state index in [0.717, 1.165) is 17.5 Å². The van der Waals surface area contributed by atoms with Crippen molar-refractivity contribution in [3.63, 3.8) is 0 Å². The molecule has 0 saturated carbocycles. The molecular formula is C22H22N4O3. The number of benzene rings is 2. The fourth-order valence-electron chi connectivity index (χ4n) is 2.92. The normalized spacial score (nSPS) is 11.5. The Kier molecular flexibility index (Phi) is 6.52. The van der Waals surface area contributed by atoms with Crippen molar-refractivity contribution in [1.29, 1.82) is 0 Å². The Morgan fingerprint density at radius 2 is 1.83 bits per heavy atom. The third-order valence-corrected chi connectivity index (χ3v) is 4.27. The van der Waals surface area contributed by atoms with Crippen LogP contribution in [0.2, 0.25) is 0 Å². The molecule has 0 saturated heterocycles. The van der Waals surface area contributed by atoms with Gasteiger partial charge in [-0.05, 0) is 24.1 Å². The van der Waals surface area contributed by atoms with Gasteiger partial charge in [0.2, 0.25) is 11.8 Å². The van der Waals surface area contributed by atoms with Crippen LogP contribution in [0, 0.1) is 0 Å². The van der Waals surface area contributed by atoms with Crippen LogP contribution in [0.4, 0.5) is 5.69 Å². The van der Waals surface area contributed by atoms with Gasteiger partial charge in [-0.2, -0.15) is 0 Å². The van der Waals surface area contributed by atoms with E-state index in [4.69, 9.17) is 0 Å². The van der Waals surface area contributed by atoms with Gasteiger partial charge in [0.25, 0.3) is 5.91 Å². The maximum Gasteiger partial charge on any atom is 0.283 e. The Bertz CT molecular complexity index is 1070. The van der Waals surface area contributed by atoms with Gasteiger partial charge in [0.15, 0.2) is 5.69 Å². The number of aromatic nitrogens is 1. The summed E-state index contributed by atoms with van der Waals surface area (Å²) < 4.78 is 1.74. The second-order valence-corrected chi connectivity index (χ2v) is 6.40. The molecule has 7 heteroatoms. The van der Waals surface area contributed by atoms with E-state index in [1.165, 1.54) is 6.08 Å². The number of aromatic hydroxyl groups is 1. The number of aryl methyl sites for hydroxylation is 1. The third-order valence-electron chi connectivity index (χ3n) is 4.27. The van der Waals surface area contributed by atoms with E-state index >= 15 is 0 Å². The highest BCUT2D eigenvalue weighted by Crippen LogP contribution is 2.38. The average molecular weight is 390 g/mol. The zero-order chi connectivity index (χ0) is 20.6. The summed E-state index contributed by atoms with van der Waals surface area (Å²) in [6.45, 7) is 2.35. The van der Waals surface area contributed by atoms with Crippen molar-refractivity contribution in [1.82, 2.24) is 9.88 Å². The lowest BCUT2D eigenvalue weighted by Gasteiger charge is -2.03. The molecule has 3 aromatic rings. The van der Waals surface area contributed by atoms with Crippen LogP contribution in [0.3, 0.4) is 0 Å². The average Bonchev–Trinajstić information content (AvgIpc) is 3.01. The minimum atomic E-state index is -0.613. The van der Waals surface area contributed by atoms with E-state index in [0.29, 0.717) is 11.9 Å². The lowest BCUT2D eigenvalue weighted by atomic mass is 10.2. The van der Waals surface area contributed by atoms with Gasteiger partial charge in [0.05, 0.1) is 5.52 Å². The smallest absolute Gasteiger partial charge is 0.283 e. The largest absolute Gasteiger partial charge is 0.493 e. The van der Waals surface area contributed by atoms with Gasteiger partial charge in [-0.3, -0.25) is 9.59 Å². The molecule has 3 rings (SSSR count). The predicted molar refractivity (Wildman–Crippen MR) is 112 cm³/mol. The van der Waals surface area contributed by atoms with E-state index in [1.54, 1.807) is 10.6 Å². The molecule has 0 aliphatic heterocycles. The Labute approximate surface area is 168 Å². The van der Waals surface area contributed by atoms with Crippen LogP contribution in [0.5, 0.6) is 5.88 Å². The first-order valence-corrected chi connectivity index (χ1v) is 9.36. The number of para-hydroxylation sites is 1. The van der Waals surface area contributed by atoms with Crippen molar-refractivity contribution in [3.05, 3.63) is 66.2 Å². The molecular weight excluding hydrogens is 368 g/mol. The number of carbonyl (C=O) groups is 2. The van der Waals surface area contributed by atoms with Gasteiger partial charge in [-0.1, -0.05) is 55.5 Å². The van der Waals surface area contributed by atoms with Crippen LogP contribution in [0.1, 0.15) is 18.9 Å². The number of amides is 2. The molecule has 0 unspecified atom stereocenters. The van der Waals surface area contributed by atoms with Gasteiger partial charge < -0.3 is 15.0 Å². The second kappa shape index (κ2) is 9.45. The van der Waals surface area contributed by atoms with Crippen LogP contribution in [0.25, 0.3) is 17.0 Å². The van der Waals surface area contributed by atoms with Gasteiger partial charge in [0, 0.05) is 18.0 Å². The number of rotatable bonds is 7. The molecule has 1 aromatic heterocycles. The Hall–Kier alpha value is -3.74. The SMILES string of the molecule is CCCn1c(O)c(N=NC(=O)CNC(=O)C=Cc2ccccc2)c2ccccc21. The predicted octanol–water partition coefficient (Wildman–Crippen LogP) is 4.20. The van der Waals surface area contributed by atoms with Crippen molar-refractivity contribution >= 4 is 34.5 Å². The number of azo groups is 1. The highest BCUT2D eigenvalue weighted by atomic mass is 16.3.